The van der Waals surface area contributed by atoms with E-state index in [1.807, 2.05) is 25.3 Å². The van der Waals surface area contributed by atoms with Gasteiger partial charge in [-0.3, -0.25) is 0 Å². The van der Waals surface area contributed by atoms with E-state index in [0.717, 1.165) is 48.0 Å². The van der Waals surface area contributed by atoms with Crippen molar-refractivity contribution >= 4 is 0 Å². The number of aromatic nitrogens is 2. The van der Waals surface area contributed by atoms with Crippen LogP contribution in [0.1, 0.15) is 50.2 Å². The highest BCUT2D eigenvalue weighted by Gasteiger charge is 2.12. The van der Waals surface area contributed by atoms with E-state index in [1.165, 1.54) is 25.9 Å². The first-order chi connectivity index (χ1) is 13.3. The second-order valence-corrected chi connectivity index (χ2v) is 6.96. The van der Waals surface area contributed by atoms with Gasteiger partial charge in [-0.15, -0.1) is 0 Å². The second kappa shape index (κ2) is 10.3. The van der Waals surface area contributed by atoms with Crippen molar-refractivity contribution in [3.63, 3.8) is 0 Å². The molecule has 0 bridgehead atoms. The van der Waals surface area contributed by atoms with Crippen molar-refractivity contribution < 1.29 is 9.47 Å². The van der Waals surface area contributed by atoms with E-state index >= 15 is 0 Å². The van der Waals surface area contributed by atoms with Crippen LogP contribution in [0.3, 0.4) is 0 Å². The van der Waals surface area contributed by atoms with Crippen molar-refractivity contribution in [2.24, 2.45) is 0 Å². The fraction of sp³-hybridized carbons (Fsp3) is 0.545. The summed E-state index contributed by atoms with van der Waals surface area (Å²) in [4.78, 5) is 11.5. The molecule has 1 aromatic heterocycles. The molecule has 0 radical (unpaired) electrons. The van der Waals surface area contributed by atoms with E-state index < -0.39 is 0 Å². The average Bonchev–Trinajstić information content (AvgIpc) is 3.21. The van der Waals surface area contributed by atoms with Crippen molar-refractivity contribution in [1.82, 2.24) is 14.9 Å². The molecule has 0 aliphatic carbocycles. The van der Waals surface area contributed by atoms with Crippen LogP contribution in [0.2, 0.25) is 0 Å². The minimum Gasteiger partial charge on any atom is -0.490 e. The van der Waals surface area contributed by atoms with Crippen molar-refractivity contribution in [2.45, 2.75) is 46.0 Å². The van der Waals surface area contributed by atoms with Gasteiger partial charge in [0.15, 0.2) is 11.5 Å². The number of hydrogen-bond donors (Lipinski definition) is 0. The molecule has 1 saturated heterocycles. The SMILES string of the molecule is CCOc1ccc(Cc2nccc(CC)n2)cc1OCCCN1CCCC1. The quantitative estimate of drug-likeness (QED) is 0.595. The molecule has 146 valence electrons. The van der Waals surface area contributed by atoms with E-state index in [0.29, 0.717) is 19.6 Å². The Morgan fingerprint density at radius 1 is 1.04 bits per heavy atom. The van der Waals surface area contributed by atoms with Crippen LogP contribution < -0.4 is 9.47 Å². The lowest BCUT2D eigenvalue weighted by Gasteiger charge is -2.16. The topological polar surface area (TPSA) is 47.5 Å². The second-order valence-electron chi connectivity index (χ2n) is 6.96. The largest absolute Gasteiger partial charge is 0.490 e. The molecule has 0 unspecified atom stereocenters. The first-order valence-corrected chi connectivity index (χ1v) is 10.2. The standard InChI is InChI=1S/C22H31N3O2/c1-3-19-10-11-23-22(24-19)17-18-8-9-20(26-4-2)21(16-18)27-15-7-14-25-12-5-6-13-25/h8-11,16H,3-7,12-15,17H2,1-2H3. The summed E-state index contributed by atoms with van der Waals surface area (Å²) in [5.74, 6) is 2.48. The smallest absolute Gasteiger partial charge is 0.161 e. The first kappa shape index (κ1) is 19.6. The Labute approximate surface area is 162 Å². The number of benzene rings is 1. The maximum absolute atomic E-state index is 6.08. The summed E-state index contributed by atoms with van der Waals surface area (Å²) in [5.41, 5.74) is 2.21. The Kier molecular flexibility index (Phi) is 7.45. The van der Waals surface area contributed by atoms with Crippen molar-refractivity contribution in [1.29, 1.82) is 0 Å². The van der Waals surface area contributed by atoms with Gasteiger partial charge in [-0.25, -0.2) is 9.97 Å². The molecule has 3 rings (SSSR count). The number of ether oxygens (including phenoxy) is 2. The highest BCUT2D eigenvalue weighted by atomic mass is 16.5. The van der Waals surface area contributed by atoms with E-state index in [9.17, 15) is 0 Å². The van der Waals surface area contributed by atoms with Gasteiger partial charge in [0.2, 0.25) is 0 Å². The molecule has 27 heavy (non-hydrogen) atoms. The summed E-state index contributed by atoms with van der Waals surface area (Å²) in [6.07, 6.45) is 7.16. The van der Waals surface area contributed by atoms with E-state index in [-0.39, 0.29) is 0 Å². The Balaban J connectivity index is 1.62. The third-order valence-electron chi connectivity index (χ3n) is 4.87. The van der Waals surface area contributed by atoms with E-state index in [1.54, 1.807) is 0 Å². The maximum atomic E-state index is 6.08. The molecular formula is C22H31N3O2. The van der Waals surface area contributed by atoms with E-state index in [4.69, 9.17) is 9.47 Å². The third kappa shape index (κ3) is 5.93. The zero-order chi connectivity index (χ0) is 18.9. The molecule has 0 spiro atoms. The van der Waals surface area contributed by atoms with Crippen LogP contribution in [0.4, 0.5) is 0 Å². The van der Waals surface area contributed by atoms with Gasteiger partial charge in [0.25, 0.3) is 0 Å². The van der Waals surface area contributed by atoms with Crippen LogP contribution in [0.25, 0.3) is 0 Å². The monoisotopic (exact) mass is 369 g/mol. The van der Waals surface area contributed by atoms with E-state index in [2.05, 4.69) is 33.9 Å². The average molecular weight is 370 g/mol. The number of aryl methyl sites for hydroxylation is 1. The molecule has 2 heterocycles. The van der Waals surface area contributed by atoms with Gasteiger partial charge in [-0.1, -0.05) is 13.0 Å². The predicted octanol–water partition coefficient (Wildman–Crippen LogP) is 3.89. The zero-order valence-corrected chi connectivity index (χ0v) is 16.6. The predicted molar refractivity (Wildman–Crippen MR) is 108 cm³/mol. The number of nitrogens with zero attached hydrogens (tertiary/aromatic N) is 3. The lowest BCUT2D eigenvalue weighted by Crippen LogP contribution is -2.22. The van der Waals surface area contributed by atoms with Crippen LogP contribution in [-0.4, -0.2) is 47.7 Å². The number of likely N-dealkylation sites (tertiary alicyclic amines) is 1. The molecule has 0 atom stereocenters. The minimum atomic E-state index is 0.630. The van der Waals surface area contributed by atoms with Gasteiger partial charge in [-0.05, 0) is 69.5 Å². The maximum Gasteiger partial charge on any atom is 0.161 e. The highest BCUT2D eigenvalue weighted by Crippen LogP contribution is 2.29. The van der Waals surface area contributed by atoms with Gasteiger partial charge >= 0.3 is 0 Å². The zero-order valence-electron chi connectivity index (χ0n) is 16.6. The molecule has 1 aliphatic heterocycles. The summed E-state index contributed by atoms with van der Waals surface area (Å²) in [6, 6.07) is 8.11. The molecule has 1 aromatic carbocycles. The lowest BCUT2D eigenvalue weighted by atomic mass is 10.1. The molecule has 1 fully saturated rings. The van der Waals surface area contributed by atoms with Crippen LogP contribution in [0.5, 0.6) is 11.5 Å². The summed E-state index contributed by atoms with van der Waals surface area (Å²) in [5, 5.41) is 0. The highest BCUT2D eigenvalue weighted by molar-refractivity contribution is 5.43. The number of hydrogen-bond acceptors (Lipinski definition) is 5. The molecular weight excluding hydrogens is 338 g/mol. The molecule has 0 amide bonds. The van der Waals surface area contributed by atoms with Crippen LogP contribution in [0.15, 0.2) is 30.5 Å². The summed E-state index contributed by atoms with van der Waals surface area (Å²) >= 11 is 0. The molecule has 0 saturated carbocycles. The summed E-state index contributed by atoms with van der Waals surface area (Å²) in [7, 11) is 0. The van der Waals surface area contributed by atoms with Crippen molar-refractivity contribution in [3.8, 4) is 11.5 Å². The Morgan fingerprint density at radius 3 is 2.67 bits per heavy atom. The van der Waals surface area contributed by atoms with Gasteiger partial charge in [-0.2, -0.15) is 0 Å². The fourth-order valence-electron chi connectivity index (χ4n) is 3.43. The lowest BCUT2D eigenvalue weighted by molar-refractivity contribution is 0.247. The molecule has 1 aliphatic rings. The van der Waals surface area contributed by atoms with Crippen LogP contribution in [0, 0.1) is 0 Å². The van der Waals surface area contributed by atoms with Gasteiger partial charge < -0.3 is 14.4 Å². The van der Waals surface area contributed by atoms with Crippen molar-refractivity contribution in [2.75, 3.05) is 32.8 Å². The molecule has 2 aromatic rings. The van der Waals surface area contributed by atoms with Gasteiger partial charge in [0.05, 0.1) is 13.2 Å². The third-order valence-corrected chi connectivity index (χ3v) is 4.87. The fourth-order valence-corrected chi connectivity index (χ4v) is 3.43. The van der Waals surface area contributed by atoms with Crippen molar-refractivity contribution in [3.05, 3.63) is 47.5 Å². The van der Waals surface area contributed by atoms with Gasteiger partial charge in [0, 0.05) is 24.9 Å². The summed E-state index contributed by atoms with van der Waals surface area (Å²) < 4.78 is 11.8. The van der Waals surface area contributed by atoms with Crippen LogP contribution >= 0.6 is 0 Å². The Bertz CT molecular complexity index is 714. The molecule has 5 heteroatoms. The van der Waals surface area contributed by atoms with Crippen LogP contribution in [-0.2, 0) is 12.8 Å². The molecule has 0 N–H and O–H groups in total. The summed E-state index contributed by atoms with van der Waals surface area (Å²) in [6.45, 7) is 9.02. The number of rotatable bonds is 10. The first-order valence-electron chi connectivity index (χ1n) is 10.2. The molecule has 5 nitrogen and oxygen atoms in total. The van der Waals surface area contributed by atoms with Gasteiger partial charge in [0.1, 0.15) is 5.82 Å². The minimum absolute atomic E-state index is 0.630. The normalized spacial score (nSPS) is 14.4. The Hall–Kier alpha value is -2.14. The Morgan fingerprint density at radius 2 is 1.89 bits per heavy atom.